The summed E-state index contributed by atoms with van der Waals surface area (Å²) >= 11 is 0. The first kappa shape index (κ1) is 27.1. The molecule has 0 saturated carbocycles. The number of rotatable bonds is 7. The summed E-state index contributed by atoms with van der Waals surface area (Å²) in [6, 6.07) is 13.3. The molecule has 0 aliphatic carbocycles. The Hall–Kier alpha value is -5.08. The molecule has 216 valence electrons. The number of nitrogens with zero attached hydrogens (tertiary/aromatic N) is 6. The van der Waals surface area contributed by atoms with Crippen LogP contribution in [0.15, 0.2) is 54.7 Å². The number of amides is 4. The quantitative estimate of drug-likeness (QED) is 0.280. The van der Waals surface area contributed by atoms with Crippen LogP contribution in [0.4, 0.5) is 16.3 Å². The number of benzene rings is 2. The summed E-state index contributed by atoms with van der Waals surface area (Å²) in [4.78, 5) is 53.2. The van der Waals surface area contributed by atoms with Crippen molar-refractivity contribution in [2.75, 3.05) is 57.2 Å². The van der Waals surface area contributed by atoms with E-state index in [1.807, 2.05) is 12.1 Å². The van der Waals surface area contributed by atoms with Gasteiger partial charge in [0.2, 0.25) is 0 Å². The smallest absolute Gasteiger partial charge is 0.318 e. The van der Waals surface area contributed by atoms with Crippen LogP contribution >= 0.6 is 0 Å². The SMILES string of the molecule is CNC(=O)Nc1ccc(-c2nc(N3CCOCC3)c3cnn(-c4ccc(C(=O)N[C@H]5CN(OC)C5=O)cc4)c3n2)cc1. The van der Waals surface area contributed by atoms with Gasteiger partial charge in [0.05, 0.1) is 44.1 Å². The van der Waals surface area contributed by atoms with Gasteiger partial charge in [-0.25, -0.2) is 24.5 Å². The Kier molecular flexibility index (Phi) is 7.37. The van der Waals surface area contributed by atoms with Crippen LogP contribution < -0.4 is 20.9 Å². The van der Waals surface area contributed by atoms with Gasteiger partial charge in [0, 0.05) is 37.0 Å². The van der Waals surface area contributed by atoms with Crippen molar-refractivity contribution in [2.24, 2.45) is 0 Å². The third kappa shape index (κ3) is 5.20. The van der Waals surface area contributed by atoms with Gasteiger partial charge in [0.25, 0.3) is 11.8 Å². The molecule has 4 amide bonds. The van der Waals surface area contributed by atoms with Crippen LogP contribution in [-0.4, -0.2) is 95.7 Å². The fourth-order valence-electron chi connectivity index (χ4n) is 4.79. The van der Waals surface area contributed by atoms with Gasteiger partial charge in [-0.2, -0.15) is 5.10 Å². The lowest BCUT2D eigenvalue weighted by Gasteiger charge is -2.35. The number of hydroxylamine groups is 2. The highest BCUT2D eigenvalue weighted by atomic mass is 16.7. The second kappa shape index (κ2) is 11.4. The first-order chi connectivity index (χ1) is 20.4. The zero-order valence-corrected chi connectivity index (χ0v) is 23.0. The number of ether oxygens (including phenoxy) is 1. The lowest BCUT2D eigenvalue weighted by molar-refractivity contribution is -0.202. The normalized spacial score (nSPS) is 16.7. The Balaban J connectivity index is 1.31. The van der Waals surface area contributed by atoms with E-state index in [9.17, 15) is 14.4 Å². The summed E-state index contributed by atoms with van der Waals surface area (Å²) in [5, 5.41) is 14.6. The first-order valence-electron chi connectivity index (χ1n) is 13.4. The molecule has 4 heterocycles. The van der Waals surface area contributed by atoms with Crippen molar-refractivity contribution in [1.82, 2.24) is 35.4 Å². The second-order valence-corrected chi connectivity index (χ2v) is 9.70. The predicted octanol–water partition coefficient (Wildman–Crippen LogP) is 1.57. The maximum absolute atomic E-state index is 12.7. The summed E-state index contributed by atoms with van der Waals surface area (Å²) in [7, 11) is 2.97. The molecule has 2 aromatic carbocycles. The lowest BCUT2D eigenvalue weighted by Crippen LogP contribution is -2.63. The van der Waals surface area contributed by atoms with Gasteiger partial charge in [-0.15, -0.1) is 0 Å². The molecule has 0 bridgehead atoms. The number of hydrogen-bond acceptors (Lipinski definition) is 9. The molecular formula is C28H29N9O5. The number of urea groups is 1. The minimum absolute atomic E-state index is 0.283. The Morgan fingerprint density at radius 1 is 1.02 bits per heavy atom. The Bertz CT molecular complexity index is 1630. The van der Waals surface area contributed by atoms with Crippen molar-refractivity contribution in [3.05, 3.63) is 60.3 Å². The predicted molar refractivity (Wildman–Crippen MR) is 153 cm³/mol. The summed E-state index contributed by atoms with van der Waals surface area (Å²) < 4.78 is 7.26. The zero-order valence-electron chi connectivity index (χ0n) is 23.0. The largest absolute Gasteiger partial charge is 0.378 e. The molecule has 2 aliphatic heterocycles. The molecule has 4 aromatic rings. The summed E-state index contributed by atoms with van der Waals surface area (Å²) in [5.74, 6) is 0.621. The molecule has 2 aliphatic rings. The average molecular weight is 572 g/mol. The third-order valence-electron chi connectivity index (χ3n) is 7.14. The molecule has 2 saturated heterocycles. The molecule has 0 radical (unpaired) electrons. The minimum Gasteiger partial charge on any atom is -0.378 e. The van der Waals surface area contributed by atoms with Crippen LogP contribution in [0, 0.1) is 0 Å². The van der Waals surface area contributed by atoms with Gasteiger partial charge in [-0.1, -0.05) is 0 Å². The van der Waals surface area contributed by atoms with Crippen molar-refractivity contribution >= 4 is 40.4 Å². The average Bonchev–Trinajstić information content (AvgIpc) is 3.47. The van der Waals surface area contributed by atoms with E-state index in [1.54, 1.807) is 54.3 Å². The number of nitrogens with one attached hydrogen (secondary N) is 3. The van der Waals surface area contributed by atoms with Gasteiger partial charge in [-0.3, -0.25) is 14.4 Å². The number of hydrogen-bond donors (Lipinski definition) is 3. The fourth-order valence-corrected chi connectivity index (χ4v) is 4.79. The monoisotopic (exact) mass is 571 g/mol. The van der Waals surface area contributed by atoms with Gasteiger partial charge in [-0.05, 0) is 48.5 Å². The molecule has 6 rings (SSSR count). The van der Waals surface area contributed by atoms with Crippen molar-refractivity contribution in [1.29, 1.82) is 0 Å². The van der Waals surface area contributed by atoms with Crippen molar-refractivity contribution in [3.63, 3.8) is 0 Å². The standard InChI is InChI=1S/C28H29N9O5/c1-29-28(40)31-19-7-3-17(4-8-19)23-33-24(35-11-13-42-14-12-35)21-15-30-37(25(21)34-23)20-9-5-18(6-10-20)26(38)32-22-16-36(41-2)27(22)39/h3-10,15,22H,11-14,16H2,1-2H3,(H,32,38)(H2,29,31,40)/t22-/m0/s1. The lowest BCUT2D eigenvalue weighted by atomic mass is 10.1. The van der Waals surface area contributed by atoms with E-state index < -0.39 is 6.04 Å². The van der Waals surface area contributed by atoms with E-state index in [2.05, 4.69) is 25.9 Å². The van der Waals surface area contributed by atoms with Crippen LogP contribution in [0.5, 0.6) is 0 Å². The van der Waals surface area contributed by atoms with Crippen LogP contribution in [0.2, 0.25) is 0 Å². The van der Waals surface area contributed by atoms with E-state index in [-0.39, 0.29) is 17.8 Å². The number of fused-ring (bicyclic) bond motifs is 1. The highest BCUT2D eigenvalue weighted by molar-refractivity contribution is 5.99. The van der Waals surface area contributed by atoms with Crippen molar-refractivity contribution < 1.29 is 24.0 Å². The first-order valence-corrected chi connectivity index (χ1v) is 13.4. The number of aromatic nitrogens is 4. The summed E-state index contributed by atoms with van der Waals surface area (Å²) in [6.07, 6.45) is 1.74. The maximum Gasteiger partial charge on any atom is 0.318 e. The zero-order chi connectivity index (χ0) is 29.2. The number of anilines is 2. The molecule has 42 heavy (non-hydrogen) atoms. The molecule has 14 nitrogen and oxygen atoms in total. The highest BCUT2D eigenvalue weighted by Gasteiger charge is 2.38. The molecule has 0 spiro atoms. The van der Waals surface area contributed by atoms with Crippen LogP contribution in [0.3, 0.4) is 0 Å². The van der Waals surface area contributed by atoms with E-state index >= 15 is 0 Å². The van der Waals surface area contributed by atoms with Crippen LogP contribution in [0.1, 0.15) is 10.4 Å². The summed E-state index contributed by atoms with van der Waals surface area (Å²) in [6.45, 7) is 2.85. The maximum atomic E-state index is 12.7. The van der Waals surface area contributed by atoms with E-state index in [0.29, 0.717) is 61.3 Å². The molecule has 2 aromatic heterocycles. The summed E-state index contributed by atoms with van der Waals surface area (Å²) in [5.41, 5.74) is 3.12. The number of β-lactam (4-membered cyclic amide) rings is 1. The van der Waals surface area contributed by atoms with Crippen LogP contribution in [-0.2, 0) is 14.4 Å². The third-order valence-corrected chi connectivity index (χ3v) is 7.14. The molecule has 2 fully saturated rings. The van der Waals surface area contributed by atoms with Crippen LogP contribution in [0.25, 0.3) is 28.1 Å². The van der Waals surface area contributed by atoms with E-state index in [4.69, 9.17) is 19.5 Å². The van der Waals surface area contributed by atoms with E-state index in [0.717, 1.165) is 16.8 Å². The Morgan fingerprint density at radius 3 is 2.43 bits per heavy atom. The molecule has 1 atom stereocenters. The van der Waals surface area contributed by atoms with Crippen molar-refractivity contribution in [2.45, 2.75) is 6.04 Å². The molecule has 14 heteroatoms. The molecular weight excluding hydrogens is 542 g/mol. The molecule has 3 N–H and O–H groups in total. The second-order valence-electron chi connectivity index (χ2n) is 9.70. The fraction of sp³-hybridized carbons (Fsp3) is 0.286. The van der Waals surface area contributed by atoms with Gasteiger partial charge >= 0.3 is 6.03 Å². The van der Waals surface area contributed by atoms with Gasteiger partial charge in [0.1, 0.15) is 11.9 Å². The topological polar surface area (TPSA) is 156 Å². The van der Waals surface area contributed by atoms with Crippen molar-refractivity contribution in [3.8, 4) is 17.1 Å². The molecule has 0 unspecified atom stereocenters. The minimum atomic E-state index is -0.602. The number of carbonyl (C=O) groups excluding carboxylic acids is 3. The number of morpholine rings is 1. The van der Waals surface area contributed by atoms with E-state index in [1.165, 1.54) is 12.2 Å². The highest BCUT2D eigenvalue weighted by Crippen LogP contribution is 2.30. The number of carbonyl (C=O) groups is 3. The van der Waals surface area contributed by atoms with Gasteiger partial charge < -0.3 is 25.6 Å². The Morgan fingerprint density at radius 2 is 1.76 bits per heavy atom. The Labute approximate surface area is 240 Å². The van der Waals surface area contributed by atoms with Gasteiger partial charge in [0.15, 0.2) is 11.5 Å².